The average molecular weight is 335 g/mol. The van der Waals surface area contributed by atoms with Gasteiger partial charge in [0.15, 0.2) is 0 Å². The van der Waals surface area contributed by atoms with Crippen LogP contribution >= 0.6 is 0 Å². The van der Waals surface area contributed by atoms with Crippen molar-refractivity contribution in [2.75, 3.05) is 19.6 Å². The molecule has 0 spiro atoms. The summed E-state index contributed by atoms with van der Waals surface area (Å²) in [6, 6.07) is 14.3. The van der Waals surface area contributed by atoms with Gasteiger partial charge in [0.2, 0.25) is 5.91 Å². The molecule has 3 rings (SSSR count). The van der Waals surface area contributed by atoms with E-state index in [1.54, 1.807) is 6.08 Å². The van der Waals surface area contributed by atoms with E-state index in [0.29, 0.717) is 0 Å². The van der Waals surface area contributed by atoms with Crippen LogP contribution in [0.2, 0.25) is 0 Å². The van der Waals surface area contributed by atoms with Gasteiger partial charge in [-0.3, -0.25) is 9.78 Å². The molecule has 25 heavy (non-hydrogen) atoms. The number of nitrogens with one attached hydrogen (secondary N) is 1. The number of aromatic nitrogens is 1. The molecule has 1 N–H and O–H groups in total. The van der Waals surface area contributed by atoms with Gasteiger partial charge in [-0.15, -0.1) is 0 Å². The van der Waals surface area contributed by atoms with Crippen LogP contribution in [-0.4, -0.2) is 41.5 Å². The monoisotopic (exact) mass is 335 g/mol. The van der Waals surface area contributed by atoms with Crippen LogP contribution in [0.1, 0.15) is 24.0 Å². The average Bonchev–Trinajstić information content (AvgIpc) is 2.67. The molecule has 2 heterocycles. The molecule has 0 bridgehead atoms. The lowest BCUT2D eigenvalue weighted by Crippen LogP contribution is -2.44. The van der Waals surface area contributed by atoms with E-state index in [2.05, 4.69) is 27.3 Å². The maximum absolute atomic E-state index is 12.1. The molecule has 4 heteroatoms. The van der Waals surface area contributed by atoms with E-state index in [4.69, 9.17) is 0 Å². The summed E-state index contributed by atoms with van der Waals surface area (Å²) in [4.78, 5) is 18.6. The molecule has 1 aliphatic rings. The van der Waals surface area contributed by atoms with Gasteiger partial charge in [-0.1, -0.05) is 30.3 Å². The molecule has 0 saturated carbocycles. The quantitative estimate of drug-likeness (QED) is 0.826. The Labute approximate surface area is 149 Å². The Morgan fingerprint density at radius 3 is 2.56 bits per heavy atom. The third kappa shape index (κ3) is 5.84. The highest BCUT2D eigenvalue weighted by molar-refractivity contribution is 5.91. The molecular weight excluding hydrogens is 310 g/mol. The van der Waals surface area contributed by atoms with Gasteiger partial charge in [0, 0.05) is 44.1 Å². The summed E-state index contributed by atoms with van der Waals surface area (Å²) in [6.07, 6.45) is 10.3. The molecule has 0 aliphatic carbocycles. The Hall–Kier alpha value is -2.46. The molecule has 1 saturated heterocycles. The van der Waals surface area contributed by atoms with E-state index in [9.17, 15) is 4.79 Å². The van der Waals surface area contributed by atoms with Crippen molar-refractivity contribution in [3.05, 3.63) is 72.1 Å². The first-order valence-corrected chi connectivity index (χ1v) is 8.94. The number of benzene rings is 1. The van der Waals surface area contributed by atoms with Crippen molar-refractivity contribution >= 4 is 12.0 Å². The second kappa shape index (κ2) is 9.14. The van der Waals surface area contributed by atoms with E-state index in [1.165, 1.54) is 5.56 Å². The molecule has 0 unspecified atom stereocenters. The summed E-state index contributed by atoms with van der Waals surface area (Å²) in [5.41, 5.74) is 2.38. The van der Waals surface area contributed by atoms with Crippen LogP contribution in [0.25, 0.3) is 6.08 Å². The smallest absolute Gasteiger partial charge is 0.244 e. The van der Waals surface area contributed by atoms with Crippen molar-refractivity contribution in [2.45, 2.75) is 25.3 Å². The number of nitrogens with zero attached hydrogens (tertiary/aromatic N) is 2. The summed E-state index contributed by atoms with van der Waals surface area (Å²) in [5, 5.41) is 3.12. The molecule has 130 valence electrons. The first-order chi connectivity index (χ1) is 12.3. The van der Waals surface area contributed by atoms with Crippen molar-refractivity contribution in [1.29, 1.82) is 0 Å². The van der Waals surface area contributed by atoms with Crippen LogP contribution in [0.4, 0.5) is 0 Å². The number of hydrogen-bond acceptors (Lipinski definition) is 3. The molecule has 2 aromatic rings. The zero-order valence-electron chi connectivity index (χ0n) is 14.5. The zero-order valence-corrected chi connectivity index (χ0v) is 14.5. The maximum atomic E-state index is 12.1. The normalized spacial score (nSPS) is 16.2. The maximum Gasteiger partial charge on any atom is 0.244 e. The second-order valence-corrected chi connectivity index (χ2v) is 6.47. The zero-order chi connectivity index (χ0) is 17.3. The number of piperidine rings is 1. The van der Waals surface area contributed by atoms with Gasteiger partial charge < -0.3 is 10.2 Å². The predicted molar refractivity (Wildman–Crippen MR) is 101 cm³/mol. The number of amides is 1. The van der Waals surface area contributed by atoms with Crippen molar-refractivity contribution in [2.24, 2.45) is 0 Å². The number of carbonyl (C=O) groups is 1. The Balaban J connectivity index is 1.37. The Kier molecular flexibility index (Phi) is 6.35. The van der Waals surface area contributed by atoms with Gasteiger partial charge in [-0.05, 0) is 48.6 Å². The van der Waals surface area contributed by atoms with Crippen LogP contribution in [0.3, 0.4) is 0 Å². The van der Waals surface area contributed by atoms with Gasteiger partial charge >= 0.3 is 0 Å². The minimum atomic E-state index is -0.000844. The second-order valence-electron chi connectivity index (χ2n) is 6.47. The molecule has 0 radical (unpaired) electrons. The number of hydrogen-bond donors (Lipinski definition) is 1. The first kappa shape index (κ1) is 17.4. The van der Waals surface area contributed by atoms with Crippen LogP contribution in [-0.2, 0) is 11.2 Å². The van der Waals surface area contributed by atoms with Crippen molar-refractivity contribution < 1.29 is 4.79 Å². The van der Waals surface area contributed by atoms with Crippen LogP contribution < -0.4 is 5.32 Å². The SMILES string of the molecule is O=C(C=Cc1ccccc1)NC1CCN(CCc2ccncc2)CC1. The topological polar surface area (TPSA) is 45.2 Å². The van der Waals surface area contributed by atoms with Gasteiger partial charge in [0.25, 0.3) is 0 Å². The molecule has 1 aromatic heterocycles. The lowest BCUT2D eigenvalue weighted by atomic mass is 10.0. The Bertz CT molecular complexity index is 677. The van der Waals surface area contributed by atoms with Crippen LogP contribution in [0, 0.1) is 0 Å². The third-order valence-corrected chi connectivity index (χ3v) is 4.63. The lowest BCUT2D eigenvalue weighted by molar-refractivity contribution is -0.117. The molecule has 4 nitrogen and oxygen atoms in total. The van der Waals surface area contributed by atoms with E-state index >= 15 is 0 Å². The molecule has 1 aliphatic heterocycles. The van der Waals surface area contributed by atoms with E-state index in [-0.39, 0.29) is 11.9 Å². The number of likely N-dealkylation sites (tertiary alicyclic amines) is 1. The highest BCUT2D eigenvalue weighted by Gasteiger charge is 2.19. The largest absolute Gasteiger partial charge is 0.350 e. The molecular formula is C21H25N3O. The fraction of sp³-hybridized carbons (Fsp3) is 0.333. The Morgan fingerprint density at radius 2 is 1.84 bits per heavy atom. The summed E-state index contributed by atoms with van der Waals surface area (Å²) in [5.74, 6) is -0.000844. The highest BCUT2D eigenvalue weighted by atomic mass is 16.1. The van der Waals surface area contributed by atoms with Gasteiger partial charge in [0.05, 0.1) is 0 Å². The van der Waals surface area contributed by atoms with E-state index in [0.717, 1.165) is 44.5 Å². The van der Waals surface area contributed by atoms with E-state index in [1.807, 2.05) is 48.8 Å². The minimum Gasteiger partial charge on any atom is -0.350 e. The molecule has 0 atom stereocenters. The molecule has 1 fully saturated rings. The van der Waals surface area contributed by atoms with Gasteiger partial charge in [-0.2, -0.15) is 0 Å². The lowest BCUT2D eigenvalue weighted by Gasteiger charge is -2.32. The summed E-state index contributed by atoms with van der Waals surface area (Å²) in [7, 11) is 0. The summed E-state index contributed by atoms with van der Waals surface area (Å²) in [6.45, 7) is 3.15. The fourth-order valence-electron chi connectivity index (χ4n) is 3.12. The number of pyridine rings is 1. The minimum absolute atomic E-state index is 0.000844. The van der Waals surface area contributed by atoms with Crippen LogP contribution in [0.5, 0.6) is 0 Å². The number of rotatable bonds is 6. The first-order valence-electron chi connectivity index (χ1n) is 8.94. The fourth-order valence-corrected chi connectivity index (χ4v) is 3.12. The van der Waals surface area contributed by atoms with E-state index < -0.39 is 0 Å². The van der Waals surface area contributed by atoms with Crippen molar-refractivity contribution in [3.63, 3.8) is 0 Å². The summed E-state index contributed by atoms with van der Waals surface area (Å²) >= 11 is 0. The van der Waals surface area contributed by atoms with Crippen molar-refractivity contribution in [3.8, 4) is 0 Å². The predicted octanol–water partition coefficient (Wildman–Crippen LogP) is 2.92. The molecule has 1 aromatic carbocycles. The molecule has 1 amide bonds. The number of carbonyl (C=O) groups excluding carboxylic acids is 1. The third-order valence-electron chi connectivity index (χ3n) is 4.63. The standard InChI is InChI=1S/C21H25N3O/c25-21(7-6-18-4-2-1-3-5-18)23-20-11-16-24(17-12-20)15-10-19-8-13-22-14-9-19/h1-9,13-14,20H,10-12,15-17H2,(H,23,25). The highest BCUT2D eigenvalue weighted by Crippen LogP contribution is 2.11. The van der Waals surface area contributed by atoms with Gasteiger partial charge in [-0.25, -0.2) is 0 Å². The van der Waals surface area contributed by atoms with Crippen LogP contribution in [0.15, 0.2) is 60.9 Å². The van der Waals surface area contributed by atoms with Gasteiger partial charge in [0.1, 0.15) is 0 Å². The Morgan fingerprint density at radius 1 is 1.12 bits per heavy atom. The van der Waals surface area contributed by atoms with Crippen molar-refractivity contribution in [1.82, 2.24) is 15.2 Å². The summed E-state index contributed by atoms with van der Waals surface area (Å²) < 4.78 is 0.